The molecule has 0 amide bonds. The zero-order chi connectivity index (χ0) is 13.4. The fourth-order valence-corrected chi connectivity index (χ4v) is 1.96. The Balaban J connectivity index is 2.24. The molecule has 0 saturated heterocycles. The zero-order valence-corrected chi connectivity index (χ0v) is 13.0. The molecule has 18 heavy (non-hydrogen) atoms. The normalized spacial score (nSPS) is 12.9. The van der Waals surface area contributed by atoms with E-state index in [-0.39, 0.29) is 0 Å². The van der Waals surface area contributed by atoms with Crippen LogP contribution in [-0.4, -0.2) is 45.3 Å². The molecule has 1 rings (SSSR count). The summed E-state index contributed by atoms with van der Waals surface area (Å²) >= 11 is 3.45. The van der Waals surface area contributed by atoms with Gasteiger partial charge < -0.3 is 15.0 Å². The van der Waals surface area contributed by atoms with Crippen molar-refractivity contribution in [1.82, 2.24) is 10.2 Å². The maximum atomic E-state index is 5.05. The minimum Gasteiger partial charge on any atom is -0.383 e. The summed E-state index contributed by atoms with van der Waals surface area (Å²) in [5.41, 5.74) is 1.32. The number of benzene rings is 1. The molecule has 1 atom stereocenters. The van der Waals surface area contributed by atoms with Crippen LogP contribution in [0.2, 0.25) is 0 Å². The Morgan fingerprint density at radius 2 is 1.94 bits per heavy atom. The van der Waals surface area contributed by atoms with Gasteiger partial charge in [0.15, 0.2) is 0 Å². The van der Waals surface area contributed by atoms with Crippen LogP contribution in [0.25, 0.3) is 0 Å². The van der Waals surface area contributed by atoms with Crippen LogP contribution < -0.4 is 5.32 Å². The Bertz CT molecular complexity index is 329. The van der Waals surface area contributed by atoms with Gasteiger partial charge in [-0.2, -0.15) is 0 Å². The lowest BCUT2D eigenvalue weighted by molar-refractivity contribution is 0.161. The summed E-state index contributed by atoms with van der Waals surface area (Å²) in [5, 5.41) is 3.53. The number of nitrogens with zero attached hydrogens (tertiary/aromatic N) is 1. The Morgan fingerprint density at radius 1 is 1.28 bits per heavy atom. The fraction of sp³-hybridized carbons (Fsp3) is 0.571. The highest BCUT2D eigenvalue weighted by Gasteiger charge is 2.04. The monoisotopic (exact) mass is 314 g/mol. The lowest BCUT2D eigenvalue weighted by atomic mass is 10.1. The van der Waals surface area contributed by atoms with E-state index in [0.29, 0.717) is 6.04 Å². The topological polar surface area (TPSA) is 24.5 Å². The molecule has 0 spiro atoms. The predicted molar refractivity (Wildman–Crippen MR) is 79.9 cm³/mol. The van der Waals surface area contributed by atoms with E-state index in [9.17, 15) is 0 Å². The van der Waals surface area contributed by atoms with Crippen molar-refractivity contribution in [2.75, 3.05) is 40.4 Å². The smallest absolute Gasteiger partial charge is 0.0589 e. The summed E-state index contributed by atoms with van der Waals surface area (Å²) < 4.78 is 6.18. The third-order valence-electron chi connectivity index (χ3n) is 2.99. The molecule has 0 radical (unpaired) electrons. The lowest BCUT2D eigenvalue weighted by Gasteiger charge is -2.19. The predicted octanol–water partition coefficient (Wildman–Crippen LogP) is 2.68. The van der Waals surface area contributed by atoms with Crippen molar-refractivity contribution in [2.24, 2.45) is 0 Å². The van der Waals surface area contributed by atoms with Gasteiger partial charge >= 0.3 is 0 Å². The average Bonchev–Trinajstić information content (AvgIpc) is 2.37. The van der Waals surface area contributed by atoms with Crippen molar-refractivity contribution in [2.45, 2.75) is 13.0 Å². The van der Waals surface area contributed by atoms with Crippen molar-refractivity contribution in [3.63, 3.8) is 0 Å². The summed E-state index contributed by atoms with van der Waals surface area (Å²) in [4.78, 5) is 2.27. The highest BCUT2D eigenvalue weighted by atomic mass is 79.9. The van der Waals surface area contributed by atoms with E-state index in [0.717, 1.165) is 30.7 Å². The molecule has 1 unspecified atom stereocenters. The van der Waals surface area contributed by atoms with Crippen molar-refractivity contribution >= 4 is 15.9 Å². The highest BCUT2D eigenvalue weighted by molar-refractivity contribution is 9.10. The maximum absolute atomic E-state index is 5.05. The largest absolute Gasteiger partial charge is 0.383 e. The summed E-state index contributed by atoms with van der Waals surface area (Å²) in [6.45, 7) is 5.98. The SMILES string of the molecule is COCCN(C)CCNC(C)c1ccc(Br)cc1. The maximum Gasteiger partial charge on any atom is 0.0589 e. The molecule has 1 N–H and O–H groups in total. The first-order valence-electron chi connectivity index (χ1n) is 6.30. The highest BCUT2D eigenvalue weighted by Crippen LogP contribution is 2.16. The van der Waals surface area contributed by atoms with Crippen molar-refractivity contribution in [1.29, 1.82) is 0 Å². The molecule has 1 aromatic carbocycles. The van der Waals surface area contributed by atoms with Gasteiger partial charge in [0.2, 0.25) is 0 Å². The molecular formula is C14H23BrN2O. The number of likely N-dealkylation sites (N-methyl/N-ethyl adjacent to an activating group) is 1. The minimum absolute atomic E-state index is 0.383. The second kappa shape index (κ2) is 8.64. The number of methoxy groups -OCH3 is 1. The molecule has 3 nitrogen and oxygen atoms in total. The summed E-state index contributed by atoms with van der Waals surface area (Å²) in [7, 11) is 3.85. The first-order valence-corrected chi connectivity index (χ1v) is 7.09. The van der Waals surface area contributed by atoms with Gasteiger partial charge in [-0.15, -0.1) is 0 Å². The van der Waals surface area contributed by atoms with E-state index in [1.54, 1.807) is 7.11 Å². The van der Waals surface area contributed by atoms with Crippen LogP contribution in [0.5, 0.6) is 0 Å². The van der Waals surface area contributed by atoms with E-state index in [1.165, 1.54) is 5.56 Å². The van der Waals surface area contributed by atoms with Gasteiger partial charge in [0, 0.05) is 37.3 Å². The van der Waals surface area contributed by atoms with E-state index >= 15 is 0 Å². The molecule has 0 aliphatic heterocycles. The van der Waals surface area contributed by atoms with Gasteiger partial charge in [-0.3, -0.25) is 0 Å². The molecule has 0 aliphatic carbocycles. The second-order valence-corrected chi connectivity index (χ2v) is 5.44. The van der Waals surface area contributed by atoms with Gasteiger partial charge in [-0.25, -0.2) is 0 Å². The van der Waals surface area contributed by atoms with Gasteiger partial charge in [0.1, 0.15) is 0 Å². The first kappa shape index (κ1) is 15.6. The van der Waals surface area contributed by atoms with Crippen molar-refractivity contribution in [3.05, 3.63) is 34.3 Å². The third-order valence-corrected chi connectivity index (χ3v) is 3.52. The first-order chi connectivity index (χ1) is 8.63. The van der Waals surface area contributed by atoms with E-state index < -0.39 is 0 Å². The van der Waals surface area contributed by atoms with E-state index in [4.69, 9.17) is 4.74 Å². The standard InChI is InChI=1S/C14H23BrN2O/c1-12(13-4-6-14(15)7-5-13)16-8-9-17(2)10-11-18-3/h4-7,12,16H,8-11H2,1-3H3. The van der Waals surface area contributed by atoms with Gasteiger partial charge in [-0.1, -0.05) is 28.1 Å². The van der Waals surface area contributed by atoms with Crippen LogP contribution in [0.1, 0.15) is 18.5 Å². The quantitative estimate of drug-likeness (QED) is 0.798. The van der Waals surface area contributed by atoms with Crippen LogP contribution in [0.4, 0.5) is 0 Å². The minimum atomic E-state index is 0.383. The summed E-state index contributed by atoms with van der Waals surface area (Å²) in [6.07, 6.45) is 0. The molecule has 0 heterocycles. The van der Waals surface area contributed by atoms with Crippen LogP contribution in [-0.2, 0) is 4.74 Å². The van der Waals surface area contributed by atoms with Gasteiger partial charge in [0.05, 0.1) is 6.61 Å². The molecular weight excluding hydrogens is 292 g/mol. The number of ether oxygens (including phenoxy) is 1. The number of halogens is 1. The molecule has 102 valence electrons. The number of rotatable bonds is 8. The van der Waals surface area contributed by atoms with Crippen LogP contribution >= 0.6 is 15.9 Å². The van der Waals surface area contributed by atoms with Gasteiger partial charge in [-0.05, 0) is 31.7 Å². The summed E-state index contributed by atoms with van der Waals surface area (Å²) in [5.74, 6) is 0. The lowest BCUT2D eigenvalue weighted by Crippen LogP contribution is -2.32. The zero-order valence-electron chi connectivity index (χ0n) is 11.4. The van der Waals surface area contributed by atoms with Crippen molar-refractivity contribution < 1.29 is 4.74 Å². The number of nitrogens with one attached hydrogen (secondary N) is 1. The average molecular weight is 315 g/mol. The Hall–Kier alpha value is -0.420. The van der Waals surface area contributed by atoms with E-state index in [2.05, 4.69) is 64.4 Å². The molecule has 1 aromatic rings. The van der Waals surface area contributed by atoms with Crippen LogP contribution in [0, 0.1) is 0 Å². The van der Waals surface area contributed by atoms with Crippen LogP contribution in [0.3, 0.4) is 0 Å². The molecule has 0 saturated carbocycles. The third kappa shape index (κ3) is 5.96. The Morgan fingerprint density at radius 3 is 2.56 bits per heavy atom. The molecule has 4 heteroatoms. The van der Waals surface area contributed by atoms with Gasteiger partial charge in [0.25, 0.3) is 0 Å². The van der Waals surface area contributed by atoms with Crippen LogP contribution in [0.15, 0.2) is 28.7 Å². The van der Waals surface area contributed by atoms with Crippen molar-refractivity contribution in [3.8, 4) is 0 Å². The molecule has 0 fully saturated rings. The summed E-state index contributed by atoms with van der Waals surface area (Å²) in [6, 6.07) is 8.84. The Labute approximate surface area is 119 Å². The molecule has 0 aromatic heterocycles. The molecule has 0 bridgehead atoms. The number of hydrogen-bond donors (Lipinski definition) is 1. The second-order valence-electron chi connectivity index (χ2n) is 4.52. The fourth-order valence-electron chi connectivity index (χ4n) is 1.70. The molecule has 0 aliphatic rings. The van der Waals surface area contributed by atoms with E-state index in [1.807, 2.05) is 0 Å². The number of hydrogen-bond acceptors (Lipinski definition) is 3. The Kier molecular flexibility index (Phi) is 7.51.